The molecule has 1 aliphatic carbocycles. The molecule has 1 aliphatic rings. The van der Waals surface area contributed by atoms with Crippen LogP contribution in [0, 0.1) is 0 Å². The number of hydrogen-bond acceptors (Lipinski definition) is 5. The second-order valence-corrected chi connectivity index (χ2v) is 6.43. The summed E-state index contributed by atoms with van der Waals surface area (Å²) in [5.74, 6) is -0.391. The third-order valence-corrected chi connectivity index (χ3v) is 4.60. The first-order chi connectivity index (χ1) is 13.8. The summed E-state index contributed by atoms with van der Waals surface area (Å²) in [5, 5.41) is 13.5. The first kappa shape index (κ1) is 17.9. The maximum absolute atomic E-state index is 12.6. The molecule has 0 unspecified atom stereocenters. The maximum atomic E-state index is 12.6. The summed E-state index contributed by atoms with van der Waals surface area (Å²) in [6.45, 7) is 0.183. The van der Waals surface area contributed by atoms with Gasteiger partial charge in [-0.1, -0.05) is 54.6 Å². The lowest BCUT2D eigenvalue weighted by atomic mass is 9.99. The Morgan fingerprint density at radius 3 is 2.39 bits per heavy atom. The van der Waals surface area contributed by atoms with Crippen LogP contribution in [0.15, 0.2) is 77.9 Å². The van der Waals surface area contributed by atoms with Crippen molar-refractivity contribution in [3.05, 3.63) is 89.5 Å². The normalized spacial score (nSPS) is 13.1. The minimum atomic E-state index is -0.391. The molecule has 0 heterocycles. The highest BCUT2D eigenvalue weighted by atomic mass is 16.5. The lowest BCUT2D eigenvalue weighted by Gasteiger charge is -2.09. The Labute approximate surface area is 163 Å². The van der Waals surface area contributed by atoms with Crippen molar-refractivity contribution < 1.29 is 14.6 Å². The fourth-order valence-corrected chi connectivity index (χ4v) is 3.32. The number of ether oxygens (including phenoxy) is 1. The molecule has 2 N–H and O–H groups in total. The van der Waals surface area contributed by atoms with Gasteiger partial charge in [0.25, 0.3) is 0 Å². The van der Waals surface area contributed by atoms with E-state index in [1.54, 1.807) is 6.07 Å². The fourth-order valence-electron chi connectivity index (χ4n) is 3.32. The fraction of sp³-hybridized carbons (Fsp3) is 0.130. The zero-order chi connectivity index (χ0) is 19.3. The number of hydrogen-bond donors (Lipinski definition) is 2. The summed E-state index contributed by atoms with van der Waals surface area (Å²) in [4.78, 5) is 12.6. The predicted molar refractivity (Wildman–Crippen MR) is 110 cm³/mol. The minimum absolute atomic E-state index is 0.00896. The first-order valence-electron chi connectivity index (χ1n) is 9.19. The topological polar surface area (TPSA) is 70.9 Å². The third-order valence-electron chi connectivity index (χ3n) is 4.60. The van der Waals surface area contributed by atoms with Crippen molar-refractivity contribution in [3.63, 3.8) is 0 Å². The van der Waals surface area contributed by atoms with Gasteiger partial charge in [-0.25, -0.2) is 4.79 Å². The predicted octanol–water partition coefficient (Wildman–Crippen LogP) is 4.07. The largest absolute Gasteiger partial charge is 0.462 e. The highest BCUT2D eigenvalue weighted by Gasteiger charge is 2.29. The molecule has 0 aliphatic heterocycles. The van der Waals surface area contributed by atoms with E-state index in [0.29, 0.717) is 12.0 Å². The van der Waals surface area contributed by atoms with E-state index in [0.717, 1.165) is 33.7 Å². The summed E-state index contributed by atoms with van der Waals surface area (Å²) in [6, 6.07) is 23.2. The van der Waals surface area contributed by atoms with E-state index in [-0.39, 0.29) is 13.2 Å². The van der Waals surface area contributed by atoms with E-state index in [9.17, 15) is 4.79 Å². The van der Waals surface area contributed by atoms with Gasteiger partial charge < -0.3 is 9.84 Å². The highest BCUT2D eigenvalue weighted by Crippen LogP contribution is 2.39. The average Bonchev–Trinajstić information content (AvgIpc) is 3.07. The first-order valence-corrected chi connectivity index (χ1v) is 9.19. The Bertz CT molecular complexity index is 1030. The van der Waals surface area contributed by atoms with E-state index < -0.39 is 5.97 Å². The number of aliphatic hydroxyl groups is 1. The Morgan fingerprint density at radius 1 is 0.893 bits per heavy atom. The second kappa shape index (κ2) is 8.06. The third kappa shape index (κ3) is 3.40. The van der Waals surface area contributed by atoms with Crippen molar-refractivity contribution in [1.29, 1.82) is 0 Å². The minimum Gasteiger partial charge on any atom is -0.462 e. The molecule has 5 nitrogen and oxygen atoms in total. The van der Waals surface area contributed by atoms with Crippen LogP contribution in [0.1, 0.15) is 27.9 Å². The van der Waals surface area contributed by atoms with Gasteiger partial charge in [-0.15, -0.1) is 0 Å². The lowest BCUT2D eigenvalue weighted by Crippen LogP contribution is -2.09. The molecule has 5 heteroatoms. The summed E-state index contributed by atoms with van der Waals surface area (Å²) in [6.07, 6.45) is 0.422. The van der Waals surface area contributed by atoms with Crippen molar-refractivity contribution >= 4 is 17.4 Å². The van der Waals surface area contributed by atoms with E-state index in [2.05, 4.69) is 10.5 Å². The summed E-state index contributed by atoms with van der Waals surface area (Å²) in [5.41, 5.74) is 8.94. The van der Waals surface area contributed by atoms with Crippen molar-refractivity contribution in [2.75, 3.05) is 18.6 Å². The van der Waals surface area contributed by atoms with Crippen LogP contribution in [0.4, 0.5) is 5.69 Å². The van der Waals surface area contributed by atoms with Gasteiger partial charge in [0.15, 0.2) is 0 Å². The Hall–Kier alpha value is -3.44. The average molecular weight is 372 g/mol. The van der Waals surface area contributed by atoms with Gasteiger partial charge >= 0.3 is 5.97 Å². The number of benzene rings is 3. The number of hydrazone groups is 1. The van der Waals surface area contributed by atoms with Crippen LogP contribution in [-0.2, 0) is 4.74 Å². The van der Waals surface area contributed by atoms with Crippen molar-refractivity contribution in [3.8, 4) is 11.1 Å². The zero-order valence-corrected chi connectivity index (χ0v) is 15.3. The summed E-state index contributed by atoms with van der Waals surface area (Å²) in [7, 11) is 0. The summed E-state index contributed by atoms with van der Waals surface area (Å²) >= 11 is 0. The van der Waals surface area contributed by atoms with E-state index in [1.165, 1.54) is 0 Å². The van der Waals surface area contributed by atoms with Gasteiger partial charge in [0.2, 0.25) is 0 Å². The molecule has 0 amide bonds. The number of fused-ring (bicyclic) bond motifs is 3. The Kier molecular flexibility index (Phi) is 5.17. The number of carbonyl (C=O) groups excluding carboxylic acids is 1. The Morgan fingerprint density at radius 2 is 1.61 bits per heavy atom. The molecule has 0 aromatic heterocycles. The van der Waals surface area contributed by atoms with Gasteiger partial charge in [0.1, 0.15) is 0 Å². The van der Waals surface area contributed by atoms with E-state index in [4.69, 9.17) is 9.84 Å². The number of nitrogens with one attached hydrogen (secondary N) is 1. The number of para-hydroxylation sites is 1. The van der Waals surface area contributed by atoms with Crippen LogP contribution in [-0.4, -0.2) is 30.0 Å². The molecular formula is C23H20N2O3. The molecule has 0 radical (unpaired) electrons. The summed E-state index contributed by atoms with van der Waals surface area (Å²) < 4.78 is 5.32. The van der Waals surface area contributed by atoms with Crippen molar-refractivity contribution in [2.24, 2.45) is 5.10 Å². The van der Waals surface area contributed by atoms with E-state index in [1.807, 2.05) is 66.7 Å². The number of carbonyl (C=O) groups is 1. The van der Waals surface area contributed by atoms with Crippen LogP contribution >= 0.6 is 0 Å². The van der Waals surface area contributed by atoms with Gasteiger partial charge in [0.05, 0.1) is 23.6 Å². The smallest absolute Gasteiger partial charge is 0.338 e. The SMILES string of the molecule is O=C(OCCCO)c1cccc2c1-c1ccccc1C2=NNc1ccccc1. The monoisotopic (exact) mass is 372 g/mol. The van der Waals surface area contributed by atoms with Crippen LogP contribution in [0.25, 0.3) is 11.1 Å². The molecular weight excluding hydrogens is 352 g/mol. The second-order valence-electron chi connectivity index (χ2n) is 6.43. The van der Waals surface area contributed by atoms with Crippen LogP contribution < -0.4 is 5.43 Å². The van der Waals surface area contributed by atoms with E-state index >= 15 is 0 Å². The molecule has 140 valence electrons. The molecule has 0 atom stereocenters. The molecule has 0 saturated carbocycles. The molecule has 3 aromatic carbocycles. The molecule has 4 rings (SSSR count). The van der Waals surface area contributed by atoms with Gasteiger partial charge in [-0.05, 0) is 23.8 Å². The van der Waals surface area contributed by atoms with Crippen molar-refractivity contribution in [1.82, 2.24) is 0 Å². The lowest BCUT2D eigenvalue weighted by molar-refractivity contribution is 0.0483. The van der Waals surface area contributed by atoms with Gasteiger partial charge in [0, 0.05) is 29.7 Å². The molecule has 0 saturated heterocycles. The molecule has 28 heavy (non-hydrogen) atoms. The van der Waals surface area contributed by atoms with Crippen LogP contribution in [0.5, 0.6) is 0 Å². The Balaban J connectivity index is 1.75. The number of nitrogens with zero attached hydrogens (tertiary/aromatic N) is 1. The van der Waals surface area contributed by atoms with Crippen molar-refractivity contribution in [2.45, 2.75) is 6.42 Å². The molecule has 0 fully saturated rings. The molecule has 0 spiro atoms. The number of aliphatic hydroxyl groups excluding tert-OH is 1. The number of esters is 1. The number of anilines is 1. The maximum Gasteiger partial charge on any atom is 0.338 e. The highest BCUT2D eigenvalue weighted by molar-refractivity contribution is 6.26. The zero-order valence-electron chi connectivity index (χ0n) is 15.3. The van der Waals surface area contributed by atoms with Crippen LogP contribution in [0.3, 0.4) is 0 Å². The number of rotatable bonds is 6. The standard InChI is InChI=1S/C23H20N2O3/c26-14-7-15-28-23(27)20-13-6-12-19-21(20)17-10-4-5-11-18(17)22(19)25-24-16-8-2-1-3-9-16/h1-6,8-13,24,26H,7,14-15H2. The molecule has 0 bridgehead atoms. The van der Waals surface area contributed by atoms with Gasteiger partial charge in [-0.3, -0.25) is 5.43 Å². The van der Waals surface area contributed by atoms with Crippen LogP contribution in [0.2, 0.25) is 0 Å². The quantitative estimate of drug-likeness (QED) is 0.304. The van der Waals surface area contributed by atoms with Gasteiger partial charge in [-0.2, -0.15) is 5.10 Å². The molecule has 3 aromatic rings.